The number of pyridine rings is 1. The highest BCUT2D eigenvalue weighted by Gasteiger charge is 2.40. The highest BCUT2D eigenvalue weighted by molar-refractivity contribution is 6.42. The number of methoxy groups -OCH3 is 1. The summed E-state index contributed by atoms with van der Waals surface area (Å²) in [5.74, 6) is -1.14. The van der Waals surface area contributed by atoms with Crippen LogP contribution in [0.25, 0.3) is 0 Å². The minimum atomic E-state index is -4.56. The molecule has 3 heterocycles. The van der Waals surface area contributed by atoms with Gasteiger partial charge >= 0.3 is 12.3 Å². The molecule has 8 nitrogen and oxygen atoms in total. The highest BCUT2D eigenvalue weighted by atomic mass is 35.5. The summed E-state index contributed by atoms with van der Waals surface area (Å²) in [5.41, 5.74) is -0.277. The lowest BCUT2D eigenvalue weighted by molar-refractivity contribution is -0.139. The molecule has 0 N–H and O–H groups in total. The van der Waals surface area contributed by atoms with Gasteiger partial charge in [-0.3, -0.25) is 14.6 Å². The molecule has 0 aliphatic carbocycles. The molecule has 2 aliphatic heterocycles. The van der Waals surface area contributed by atoms with E-state index in [1.54, 1.807) is 35.0 Å². The predicted octanol–water partition coefficient (Wildman–Crippen LogP) is 5.34. The summed E-state index contributed by atoms with van der Waals surface area (Å²) >= 11 is 12.4. The average molecular weight is 601 g/mol. The number of nitrogens with zero attached hydrogens (tertiary/aromatic N) is 4. The Balaban J connectivity index is 1.53. The molecule has 4 rings (SSSR count). The van der Waals surface area contributed by atoms with Crippen LogP contribution >= 0.6 is 23.2 Å². The Kier molecular flexibility index (Phi) is 9.14. The van der Waals surface area contributed by atoms with Crippen molar-refractivity contribution >= 4 is 41.1 Å². The van der Waals surface area contributed by atoms with Crippen LogP contribution < -0.4 is 0 Å². The predicted molar refractivity (Wildman–Crippen MR) is 142 cm³/mol. The van der Waals surface area contributed by atoms with Gasteiger partial charge in [0.05, 0.1) is 22.7 Å². The number of aromatic nitrogens is 1. The van der Waals surface area contributed by atoms with Crippen molar-refractivity contribution in [3.63, 3.8) is 0 Å². The van der Waals surface area contributed by atoms with Crippen LogP contribution in [0.5, 0.6) is 0 Å². The molecule has 3 amide bonds. The fourth-order valence-electron chi connectivity index (χ4n) is 5.39. The third-order valence-electron chi connectivity index (χ3n) is 7.66. The molecule has 1 aromatic heterocycles. The lowest BCUT2D eigenvalue weighted by atomic mass is 9.84. The number of carbonyl (C=O) groups excluding carboxylic acids is 3. The first-order valence-corrected chi connectivity index (χ1v) is 13.5. The van der Waals surface area contributed by atoms with Gasteiger partial charge in [-0.25, -0.2) is 4.79 Å². The minimum absolute atomic E-state index is 0.0218. The first-order valence-electron chi connectivity index (χ1n) is 12.8. The molecule has 40 heavy (non-hydrogen) atoms. The number of piperidine rings is 2. The van der Waals surface area contributed by atoms with Gasteiger partial charge in [0.2, 0.25) is 5.91 Å². The van der Waals surface area contributed by atoms with Crippen molar-refractivity contribution in [1.82, 2.24) is 19.7 Å². The van der Waals surface area contributed by atoms with Crippen LogP contribution in [-0.2, 0) is 15.7 Å². The van der Waals surface area contributed by atoms with E-state index in [4.69, 9.17) is 27.9 Å². The van der Waals surface area contributed by atoms with Gasteiger partial charge < -0.3 is 19.4 Å². The Morgan fingerprint density at radius 1 is 1.00 bits per heavy atom. The molecule has 0 spiro atoms. The van der Waals surface area contributed by atoms with E-state index in [2.05, 4.69) is 4.98 Å². The van der Waals surface area contributed by atoms with Gasteiger partial charge in [0, 0.05) is 57.3 Å². The van der Waals surface area contributed by atoms with Crippen LogP contribution in [0.15, 0.2) is 36.5 Å². The van der Waals surface area contributed by atoms with Gasteiger partial charge in [-0.05, 0) is 49.1 Å². The molecular weight excluding hydrogens is 572 g/mol. The van der Waals surface area contributed by atoms with E-state index in [0.717, 1.165) is 17.7 Å². The molecule has 2 atom stereocenters. The SMILES string of the molecule is COC(=O)N1CCC(C(=O)N2CC[C@@H](N(C)C(=O)c3ccc(C(F)(F)F)cn3)[C@H](c3ccc(Cl)c(Cl)c3)C2)CC1. The number of alkyl halides is 3. The van der Waals surface area contributed by atoms with Crippen molar-refractivity contribution in [2.45, 2.75) is 37.4 Å². The van der Waals surface area contributed by atoms with Crippen molar-refractivity contribution in [3.8, 4) is 0 Å². The quantitative estimate of drug-likeness (QED) is 0.473. The summed E-state index contributed by atoms with van der Waals surface area (Å²) in [6, 6.07) is 6.66. The molecule has 2 aliphatic rings. The van der Waals surface area contributed by atoms with E-state index < -0.39 is 23.7 Å². The van der Waals surface area contributed by atoms with Crippen molar-refractivity contribution < 1.29 is 32.3 Å². The summed E-state index contributed by atoms with van der Waals surface area (Å²) in [7, 11) is 2.90. The number of rotatable bonds is 4. The van der Waals surface area contributed by atoms with E-state index in [0.29, 0.717) is 61.7 Å². The maximum Gasteiger partial charge on any atom is 0.417 e. The normalized spacial score (nSPS) is 20.3. The fraction of sp³-hybridized carbons (Fsp3) is 0.481. The standard InChI is InChI=1S/C27H29Cl2F3N4O4/c1-34(25(38)22-6-4-18(14-33-22)27(30,31)32)23-9-12-36(15-19(23)17-3-5-20(28)21(29)13-17)24(37)16-7-10-35(11-8-16)26(39)40-2/h3-6,13-14,16,19,23H,7-12,15H2,1-2H3/t19-,23+/m0/s1. The molecule has 1 aromatic carbocycles. The largest absolute Gasteiger partial charge is 0.453 e. The van der Waals surface area contributed by atoms with Crippen LogP contribution in [0.3, 0.4) is 0 Å². The monoisotopic (exact) mass is 600 g/mol. The van der Waals surface area contributed by atoms with Gasteiger partial charge in [0.15, 0.2) is 0 Å². The first-order chi connectivity index (χ1) is 18.9. The second kappa shape index (κ2) is 12.2. The molecular formula is C27H29Cl2F3N4O4. The zero-order chi connectivity index (χ0) is 29.2. The van der Waals surface area contributed by atoms with Crippen LogP contribution in [0.1, 0.15) is 46.8 Å². The molecule has 2 saturated heterocycles. The van der Waals surface area contributed by atoms with Crippen LogP contribution in [0, 0.1) is 5.92 Å². The molecule has 0 unspecified atom stereocenters. The van der Waals surface area contributed by atoms with E-state index in [9.17, 15) is 27.6 Å². The number of halogens is 5. The Hall–Kier alpha value is -3.05. The Morgan fingerprint density at radius 2 is 1.68 bits per heavy atom. The van der Waals surface area contributed by atoms with Gasteiger partial charge in [0.25, 0.3) is 5.91 Å². The number of hydrogen-bond acceptors (Lipinski definition) is 5. The zero-order valence-electron chi connectivity index (χ0n) is 22.0. The Labute approximate surface area is 240 Å². The number of amides is 3. The summed E-state index contributed by atoms with van der Waals surface area (Å²) < 4.78 is 43.7. The van der Waals surface area contributed by atoms with Gasteiger partial charge in [-0.15, -0.1) is 0 Å². The summed E-state index contributed by atoms with van der Waals surface area (Å²) in [6.45, 7) is 1.54. The fourth-order valence-corrected chi connectivity index (χ4v) is 5.70. The third-order valence-corrected chi connectivity index (χ3v) is 8.40. The number of likely N-dealkylation sites (tertiary alicyclic amines) is 2. The number of benzene rings is 1. The van der Waals surface area contributed by atoms with Crippen molar-refractivity contribution in [3.05, 3.63) is 63.4 Å². The van der Waals surface area contributed by atoms with Gasteiger partial charge in [-0.1, -0.05) is 29.3 Å². The van der Waals surface area contributed by atoms with E-state index >= 15 is 0 Å². The summed E-state index contributed by atoms with van der Waals surface area (Å²) in [4.78, 5) is 47.2. The third kappa shape index (κ3) is 6.46. The number of hydrogen-bond donors (Lipinski definition) is 0. The Bertz CT molecular complexity index is 1250. The highest BCUT2D eigenvalue weighted by Crippen LogP contribution is 2.36. The van der Waals surface area contributed by atoms with E-state index in [-0.39, 0.29) is 29.5 Å². The van der Waals surface area contributed by atoms with Crippen LogP contribution in [0.2, 0.25) is 10.0 Å². The van der Waals surface area contributed by atoms with Crippen LogP contribution in [-0.4, -0.2) is 84.0 Å². The van der Waals surface area contributed by atoms with Gasteiger partial charge in [0.1, 0.15) is 5.69 Å². The van der Waals surface area contributed by atoms with Crippen molar-refractivity contribution in [1.29, 1.82) is 0 Å². The maximum absolute atomic E-state index is 13.5. The van der Waals surface area contributed by atoms with E-state index in [1.807, 2.05) is 0 Å². The van der Waals surface area contributed by atoms with Crippen LogP contribution in [0.4, 0.5) is 18.0 Å². The molecule has 0 radical (unpaired) electrons. The first kappa shape index (κ1) is 29.9. The second-order valence-corrected chi connectivity index (χ2v) is 10.8. The maximum atomic E-state index is 13.5. The lowest BCUT2D eigenvalue weighted by Gasteiger charge is -2.44. The van der Waals surface area contributed by atoms with E-state index in [1.165, 1.54) is 12.0 Å². The van der Waals surface area contributed by atoms with Crippen molar-refractivity contribution in [2.75, 3.05) is 40.3 Å². The van der Waals surface area contributed by atoms with Crippen molar-refractivity contribution in [2.24, 2.45) is 5.92 Å². The topological polar surface area (TPSA) is 83.0 Å². The number of carbonyl (C=O) groups is 3. The molecule has 13 heteroatoms. The lowest BCUT2D eigenvalue weighted by Crippen LogP contribution is -2.53. The minimum Gasteiger partial charge on any atom is -0.453 e. The zero-order valence-corrected chi connectivity index (χ0v) is 23.5. The molecule has 2 fully saturated rings. The molecule has 2 aromatic rings. The smallest absolute Gasteiger partial charge is 0.417 e. The van der Waals surface area contributed by atoms with Gasteiger partial charge in [-0.2, -0.15) is 13.2 Å². The average Bonchev–Trinajstić information content (AvgIpc) is 2.96. The summed E-state index contributed by atoms with van der Waals surface area (Å²) in [5, 5.41) is 0.691. The number of ether oxygens (including phenoxy) is 1. The number of likely N-dealkylation sites (N-methyl/N-ethyl adjacent to an activating group) is 1. The molecule has 0 saturated carbocycles. The second-order valence-electron chi connectivity index (χ2n) is 10.00. The summed E-state index contributed by atoms with van der Waals surface area (Å²) in [6.07, 6.45) is -2.87. The molecule has 0 bridgehead atoms. The molecule has 216 valence electrons. The Morgan fingerprint density at radius 3 is 2.25 bits per heavy atom.